The number of hydrogen-bond acceptors (Lipinski definition) is 10. The molecule has 0 fully saturated rings. The van der Waals surface area contributed by atoms with Crippen molar-refractivity contribution in [3.8, 4) is 23.6 Å². The number of carbonyl (C=O) groups excluding carboxylic acids is 2. The molecule has 4 N–H and O–H groups in total. The van der Waals surface area contributed by atoms with E-state index in [0.29, 0.717) is 73.1 Å². The summed E-state index contributed by atoms with van der Waals surface area (Å²) in [6.45, 7) is 8.76. The fourth-order valence-corrected chi connectivity index (χ4v) is 7.81. The van der Waals surface area contributed by atoms with Gasteiger partial charge in [0.1, 0.15) is 59.5 Å². The lowest BCUT2D eigenvalue weighted by Crippen LogP contribution is -2.33. The minimum Gasteiger partial charge on any atom is -0.489 e. The highest BCUT2D eigenvalue weighted by atomic mass is 16.5. The molecule has 2 aliphatic carbocycles. The maximum absolute atomic E-state index is 13.2. The van der Waals surface area contributed by atoms with Gasteiger partial charge >= 0.3 is 0 Å². The van der Waals surface area contributed by atoms with Crippen molar-refractivity contribution in [3.05, 3.63) is 141 Å². The first-order valence-electron chi connectivity index (χ1n) is 18.0. The molecule has 274 valence electrons. The van der Waals surface area contributed by atoms with Gasteiger partial charge in [-0.2, -0.15) is 10.5 Å². The van der Waals surface area contributed by atoms with Gasteiger partial charge in [0.05, 0.1) is 11.8 Å². The van der Waals surface area contributed by atoms with Crippen LogP contribution in [-0.4, -0.2) is 11.6 Å². The molecule has 2 heterocycles. The molecule has 0 aromatic heterocycles. The maximum atomic E-state index is 13.2. The second-order valence-electron chi connectivity index (χ2n) is 15.9. The Hall–Kier alpha value is -6.26. The van der Waals surface area contributed by atoms with E-state index in [4.69, 9.17) is 30.4 Å². The van der Waals surface area contributed by atoms with Crippen LogP contribution in [0.2, 0.25) is 0 Å². The highest BCUT2D eigenvalue weighted by Gasteiger charge is 2.44. The van der Waals surface area contributed by atoms with Gasteiger partial charge in [-0.1, -0.05) is 76.2 Å². The zero-order chi connectivity index (χ0) is 38.4. The molecule has 2 atom stereocenters. The Labute approximate surface area is 314 Å². The lowest BCUT2D eigenvalue weighted by molar-refractivity contribution is -0.119. The molecule has 2 aliphatic heterocycles. The van der Waals surface area contributed by atoms with Crippen molar-refractivity contribution >= 4 is 11.6 Å². The molecule has 0 amide bonds. The zero-order valence-corrected chi connectivity index (χ0v) is 30.8. The highest BCUT2D eigenvalue weighted by Crippen LogP contribution is 2.49. The number of Topliss-reactive ketones (excluding diaryl/α,β-unsaturated/α-hetero) is 2. The molecule has 10 heteroatoms. The number of allylic oxidation sites excluding steroid dienone is 6. The van der Waals surface area contributed by atoms with E-state index in [-0.39, 0.29) is 45.3 Å². The largest absolute Gasteiger partial charge is 0.489 e. The van der Waals surface area contributed by atoms with Gasteiger partial charge in [-0.15, -0.1) is 0 Å². The summed E-state index contributed by atoms with van der Waals surface area (Å²) in [5.41, 5.74) is 16.8. The van der Waals surface area contributed by atoms with Crippen LogP contribution in [0.4, 0.5) is 0 Å². The predicted octanol–water partition coefficient (Wildman–Crippen LogP) is 7.75. The summed E-state index contributed by atoms with van der Waals surface area (Å²) < 4.78 is 23.7. The Morgan fingerprint density at radius 1 is 0.611 bits per heavy atom. The number of rotatable bonds is 8. The number of benzene rings is 3. The third kappa shape index (κ3) is 7.08. The van der Waals surface area contributed by atoms with Crippen LogP contribution in [0.5, 0.6) is 11.5 Å². The Morgan fingerprint density at radius 2 is 0.963 bits per heavy atom. The molecule has 54 heavy (non-hydrogen) atoms. The summed E-state index contributed by atoms with van der Waals surface area (Å²) >= 11 is 0. The molecule has 0 saturated heterocycles. The molecule has 4 aliphatic rings. The fourth-order valence-electron chi connectivity index (χ4n) is 7.81. The smallest absolute Gasteiger partial charge is 0.205 e. The Morgan fingerprint density at radius 3 is 1.30 bits per heavy atom. The normalized spacial score (nSPS) is 21.7. The van der Waals surface area contributed by atoms with Gasteiger partial charge in [-0.25, -0.2) is 0 Å². The molecule has 2 unspecified atom stereocenters. The minimum atomic E-state index is -0.579. The number of ether oxygens (including phenoxy) is 4. The standard InChI is InChI=1S/C44H42N4O6/c1-43(2)17-33(49)39-35(19-43)53-41(47)31(21-45)37(39)27-9-13-29(14-10-27)51-23-25-5-7-26(8-6-25)24-52-30-15-11-28(12-16-30)38-32(22-46)42(48)54-36-20-44(3,4)18-34(50)40(36)38/h5-16,37-38H,17-20,23-24,47-48H2,1-4H3. The van der Waals surface area contributed by atoms with Crippen molar-refractivity contribution < 1.29 is 28.5 Å². The summed E-state index contributed by atoms with van der Waals surface area (Å²) in [6.07, 6.45) is 1.90. The molecule has 0 spiro atoms. The third-order valence-electron chi connectivity index (χ3n) is 10.4. The van der Waals surface area contributed by atoms with Crippen molar-refractivity contribution in [1.29, 1.82) is 10.5 Å². The molecular formula is C44H42N4O6. The van der Waals surface area contributed by atoms with E-state index >= 15 is 0 Å². The Balaban J connectivity index is 0.968. The van der Waals surface area contributed by atoms with Crippen molar-refractivity contribution in [1.82, 2.24) is 0 Å². The van der Waals surface area contributed by atoms with Gasteiger partial charge < -0.3 is 30.4 Å². The van der Waals surface area contributed by atoms with Crippen molar-refractivity contribution in [3.63, 3.8) is 0 Å². The van der Waals surface area contributed by atoms with Crippen LogP contribution in [-0.2, 0) is 32.3 Å². The van der Waals surface area contributed by atoms with Gasteiger partial charge in [-0.05, 0) is 57.3 Å². The van der Waals surface area contributed by atoms with E-state index in [1.165, 1.54) is 0 Å². The van der Waals surface area contributed by atoms with Crippen molar-refractivity contribution in [2.45, 2.75) is 78.4 Å². The molecule has 3 aromatic carbocycles. The first kappa shape index (κ1) is 36.1. The van der Waals surface area contributed by atoms with Crippen LogP contribution in [0.15, 0.2) is 118 Å². The molecule has 0 saturated carbocycles. The summed E-state index contributed by atoms with van der Waals surface area (Å²) in [4.78, 5) is 26.5. The number of nitrogens with zero attached hydrogens (tertiary/aromatic N) is 2. The predicted molar refractivity (Wildman–Crippen MR) is 199 cm³/mol. The molecule has 0 radical (unpaired) electrons. The first-order valence-corrected chi connectivity index (χ1v) is 18.0. The summed E-state index contributed by atoms with van der Waals surface area (Å²) in [7, 11) is 0. The van der Waals surface area contributed by atoms with Crippen molar-refractivity contribution in [2.75, 3.05) is 0 Å². The molecular weight excluding hydrogens is 681 g/mol. The second kappa shape index (κ2) is 13.9. The molecule has 3 aromatic rings. The van der Waals surface area contributed by atoms with Crippen LogP contribution in [0.3, 0.4) is 0 Å². The zero-order valence-electron chi connectivity index (χ0n) is 30.8. The molecule has 10 nitrogen and oxygen atoms in total. The lowest BCUT2D eigenvalue weighted by atomic mass is 9.70. The summed E-state index contributed by atoms with van der Waals surface area (Å²) in [5.74, 6) is 1.27. The number of hydrogen-bond donors (Lipinski definition) is 2. The van der Waals surface area contributed by atoms with Crippen LogP contribution in [0.25, 0.3) is 0 Å². The van der Waals surface area contributed by atoms with Crippen molar-refractivity contribution in [2.24, 2.45) is 22.3 Å². The Bertz CT molecular complexity index is 2080. The number of ketones is 2. The molecule has 7 rings (SSSR count). The SMILES string of the molecule is CC1(C)CC(=O)C2=C(C1)OC(N)=C(C#N)C2c1ccc(OCc2ccc(COc3ccc(C4C(C#N)=C(N)OC5=C4C(=O)CC(C)(C)C5)cc3)cc2)cc1. The lowest BCUT2D eigenvalue weighted by Gasteiger charge is -2.37. The van der Waals surface area contributed by atoms with Crippen LogP contribution < -0.4 is 20.9 Å². The quantitative estimate of drug-likeness (QED) is 0.234. The summed E-state index contributed by atoms with van der Waals surface area (Å²) in [6, 6.07) is 27.0. The van der Waals surface area contributed by atoms with Gasteiger partial charge in [0.25, 0.3) is 0 Å². The average Bonchev–Trinajstić information content (AvgIpc) is 3.12. The maximum Gasteiger partial charge on any atom is 0.205 e. The van der Waals surface area contributed by atoms with Gasteiger partial charge in [-0.3, -0.25) is 9.59 Å². The minimum absolute atomic E-state index is 0.0263. The average molecular weight is 723 g/mol. The Kier molecular flexibility index (Phi) is 9.33. The van der Waals surface area contributed by atoms with Crippen LogP contribution in [0, 0.1) is 33.5 Å². The van der Waals surface area contributed by atoms with Crippen LogP contribution >= 0.6 is 0 Å². The van der Waals surface area contributed by atoms with E-state index < -0.39 is 11.8 Å². The van der Waals surface area contributed by atoms with E-state index in [9.17, 15) is 20.1 Å². The van der Waals surface area contributed by atoms with Gasteiger partial charge in [0.15, 0.2) is 11.6 Å². The van der Waals surface area contributed by atoms with E-state index in [0.717, 1.165) is 22.3 Å². The number of nitriles is 2. The number of carbonyl (C=O) groups is 2. The van der Waals surface area contributed by atoms with Gasteiger partial charge in [0.2, 0.25) is 11.8 Å². The highest BCUT2D eigenvalue weighted by molar-refractivity contribution is 6.00. The van der Waals surface area contributed by atoms with Crippen LogP contribution in [0.1, 0.15) is 87.5 Å². The fraction of sp³-hybridized carbons (Fsp3) is 0.318. The van der Waals surface area contributed by atoms with E-state index in [2.05, 4.69) is 12.1 Å². The second-order valence-corrected chi connectivity index (χ2v) is 15.9. The van der Waals surface area contributed by atoms with E-state index in [1.807, 2.05) is 100 Å². The monoisotopic (exact) mass is 722 g/mol. The number of nitrogens with two attached hydrogens (primary N) is 2. The summed E-state index contributed by atoms with van der Waals surface area (Å²) in [5, 5.41) is 19.8. The first-order chi connectivity index (χ1) is 25.8. The van der Waals surface area contributed by atoms with Gasteiger partial charge in [0, 0.05) is 36.8 Å². The molecule has 0 bridgehead atoms. The third-order valence-corrected chi connectivity index (χ3v) is 10.4. The topological polar surface area (TPSA) is 171 Å². The van der Waals surface area contributed by atoms with E-state index in [1.54, 1.807) is 0 Å².